The van der Waals surface area contributed by atoms with E-state index in [1.165, 1.54) is 4.31 Å². The number of ether oxygens (including phenoxy) is 1. The van der Waals surface area contributed by atoms with Crippen molar-refractivity contribution in [3.05, 3.63) is 53.6 Å². The first kappa shape index (κ1) is 22.4. The third-order valence-electron chi connectivity index (χ3n) is 6.17. The van der Waals surface area contributed by atoms with E-state index in [1.54, 1.807) is 19.2 Å². The predicted octanol–water partition coefficient (Wildman–Crippen LogP) is 1.55. The van der Waals surface area contributed by atoms with Crippen molar-refractivity contribution in [3.63, 3.8) is 0 Å². The van der Waals surface area contributed by atoms with Crippen LogP contribution in [0, 0.1) is 11.3 Å². The minimum absolute atomic E-state index is 0.318. The predicted molar refractivity (Wildman–Crippen MR) is 119 cm³/mol. The lowest BCUT2D eigenvalue weighted by molar-refractivity contribution is -0.130. The number of nitrogens with two attached hydrogens (primary N) is 1. The number of nitriles is 1. The van der Waals surface area contributed by atoms with Crippen LogP contribution in [0.4, 0.5) is 0 Å². The molecule has 168 valence electrons. The van der Waals surface area contributed by atoms with Gasteiger partial charge in [0.2, 0.25) is 15.9 Å². The third kappa shape index (κ3) is 4.27. The number of sulfonamides is 1. The number of fused-ring (bicyclic) bond motifs is 1. The van der Waals surface area contributed by atoms with Gasteiger partial charge in [-0.15, -0.1) is 0 Å². The Balaban J connectivity index is 1.44. The minimum Gasteiger partial charge on any atom is -0.381 e. The fraction of sp³-hybridized carbons (Fsp3) is 0.391. The van der Waals surface area contributed by atoms with Crippen LogP contribution in [0.5, 0.6) is 0 Å². The van der Waals surface area contributed by atoms with Gasteiger partial charge in [0.15, 0.2) is 0 Å². The largest absolute Gasteiger partial charge is 0.381 e. The van der Waals surface area contributed by atoms with Gasteiger partial charge < -0.3 is 15.8 Å². The van der Waals surface area contributed by atoms with E-state index in [4.69, 9.17) is 10.5 Å². The molecule has 2 aromatic rings. The van der Waals surface area contributed by atoms with Gasteiger partial charge in [-0.3, -0.25) is 4.79 Å². The van der Waals surface area contributed by atoms with Crippen LogP contribution in [0.1, 0.15) is 24.0 Å². The number of benzene rings is 2. The van der Waals surface area contributed by atoms with Gasteiger partial charge in [0.1, 0.15) is 6.04 Å². The molecular formula is C23H26N4O4S. The summed E-state index contributed by atoms with van der Waals surface area (Å²) < 4.78 is 31.1. The van der Waals surface area contributed by atoms with Gasteiger partial charge in [0.05, 0.1) is 16.5 Å². The van der Waals surface area contributed by atoms with Crippen molar-refractivity contribution in [1.29, 1.82) is 5.26 Å². The Labute approximate surface area is 188 Å². The van der Waals surface area contributed by atoms with Crippen molar-refractivity contribution < 1.29 is 17.9 Å². The molecule has 3 N–H and O–H groups in total. The van der Waals surface area contributed by atoms with Crippen molar-refractivity contribution in [1.82, 2.24) is 9.62 Å². The van der Waals surface area contributed by atoms with Crippen LogP contribution in [-0.2, 0) is 32.5 Å². The molecule has 0 unspecified atom stereocenters. The highest BCUT2D eigenvalue weighted by atomic mass is 32.2. The Bertz CT molecular complexity index is 1170. The Hall–Kier alpha value is -2.77. The van der Waals surface area contributed by atoms with E-state index < -0.39 is 21.6 Å². The summed E-state index contributed by atoms with van der Waals surface area (Å²) in [6.45, 7) is 1.24. The van der Waals surface area contributed by atoms with Gasteiger partial charge in [-0.25, -0.2) is 8.42 Å². The zero-order valence-corrected chi connectivity index (χ0v) is 18.7. The monoisotopic (exact) mass is 454 g/mol. The summed E-state index contributed by atoms with van der Waals surface area (Å²) in [5, 5.41) is 12.3. The molecule has 2 aromatic carbocycles. The SMILES string of the molecule is CN1Cc2cc(-c3ccc(C[C@H](C#N)NC(=O)C4(N)CCOCC4)cc3)ccc2S1(=O)=O. The lowest BCUT2D eigenvalue weighted by Gasteiger charge is -2.32. The van der Waals surface area contributed by atoms with Crippen LogP contribution in [0.15, 0.2) is 47.4 Å². The summed E-state index contributed by atoms with van der Waals surface area (Å²) >= 11 is 0. The van der Waals surface area contributed by atoms with E-state index in [-0.39, 0.29) is 5.91 Å². The smallest absolute Gasteiger partial charge is 0.243 e. The fourth-order valence-corrected chi connectivity index (χ4v) is 5.43. The molecule has 0 radical (unpaired) electrons. The molecule has 8 nitrogen and oxygen atoms in total. The second kappa shape index (κ2) is 8.64. The van der Waals surface area contributed by atoms with Gasteiger partial charge in [-0.05, 0) is 47.2 Å². The second-order valence-electron chi connectivity index (χ2n) is 8.41. The third-order valence-corrected chi connectivity index (χ3v) is 8.07. The number of amides is 1. The summed E-state index contributed by atoms with van der Waals surface area (Å²) in [7, 11) is -1.80. The zero-order valence-electron chi connectivity index (χ0n) is 17.9. The number of carbonyl (C=O) groups excluding carboxylic acids is 1. The average molecular weight is 455 g/mol. The summed E-state index contributed by atoms with van der Waals surface area (Å²) in [6, 6.07) is 14.5. The van der Waals surface area contributed by atoms with E-state index in [0.717, 1.165) is 22.3 Å². The Morgan fingerprint density at radius 2 is 1.88 bits per heavy atom. The maximum absolute atomic E-state index is 12.6. The molecule has 0 aromatic heterocycles. The molecular weight excluding hydrogens is 428 g/mol. The van der Waals surface area contributed by atoms with Crippen LogP contribution in [0.3, 0.4) is 0 Å². The van der Waals surface area contributed by atoms with Gasteiger partial charge in [0, 0.05) is 33.2 Å². The first-order valence-electron chi connectivity index (χ1n) is 10.5. The van der Waals surface area contributed by atoms with E-state index in [2.05, 4.69) is 11.4 Å². The van der Waals surface area contributed by atoms with E-state index >= 15 is 0 Å². The van der Waals surface area contributed by atoms with Crippen LogP contribution in [0.25, 0.3) is 11.1 Å². The first-order valence-corrected chi connectivity index (χ1v) is 11.9. The van der Waals surface area contributed by atoms with Crippen LogP contribution in [-0.4, -0.2) is 50.5 Å². The standard InChI is InChI=1S/C23H26N4O4S/c1-27-15-19-13-18(6-7-21(19)32(27,29)30)17-4-2-16(3-5-17)12-20(14-24)26-22(28)23(25)8-10-31-11-9-23/h2-7,13,20H,8-12,15,25H2,1H3,(H,26,28)/t20-/m1/s1. The number of nitrogens with zero attached hydrogens (tertiary/aromatic N) is 2. The normalized spacial score (nSPS) is 20.2. The summed E-state index contributed by atoms with van der Waals surface area (Å²) in [5.74, 6) is -0.318. The number of hydrogen-bond acceptors (Lipinski definition) is 6. The Kier molecular flexibility index (Phi) is 6.05. The summed E-state index contributed by atoms with van der Waals surface area (Å²) in [5.41, 5.74) is 8.77. The Morgan fingerprint density at radius 1 is 1.22 bits per heavy atom. The van der Waals surface area contributed by atoms with E-state index in [1.807, 2.05) is 30.3 Å². The number of hydrogen-bond donors (Lipinski definition) is 2. The lowest BCUT2D eigenvalue weighted by atomic mass is 9.90. The van der Waals surface area contributed by atoms with E-state index in [9.17, 15) is 18.5 Å². The summed E-state index contributed by atoms with van der Waals surface area (Å²) in [4.78, 5) is 12.9. The molecule has 0 spiro atoms. The number of rotatable bonds is 5. The van der Waals surface area contributed by atoms with Crippen LogP contribution < -0.4 is 11.1 Å². The van der Waals surface area contributed by atoms with Crippen molar-refractivity contribution in [2.75, 3.05) is 20.3 Å². The van der Waals surface area contributed by atoms with Crippen molar-refractivity contribution in [3.8, 4) is 17.2 Å². The molecule has 0 bridgehead atoms. The number of nitrogens with one attached hydrogen (secondary N) is 1. The van der Waals surface area contributed by atoms with Crippen LogP contribution in [0.2, 0.25) is 0 Å². The molecule has 1 atom stereocenters. The van der Waals surface area contributed by atoms with Gasteiger partial charge in [-0.1, -0.05) is 30.3 Å². The maximum atomic E-state index is 12.6. The molecule has 9 heteroatoms. The molecule has 1 amide bonds. The van der Waals surface area contributed by atoms with Gasteiger partial charge in [-0.2, -0.15) is 9.57 Å². The summed E-state index contributed by atoms with van der Waals surface area (Å²) in [6.07, 6.45) is 1.23. The quantitative estimate of drug-likeness (QED) is 0.706. The van der Waals surface area contributed by atoms with Crippen molar-refractivity contribution in [2.45, 2.75) is 42.3 Å². The fourth-order valence-electron chi connectivity index (χ4n) is 4.09. The molecule has 2 heterocycles. The van der Waals surface area contributed by atoms with E-state index in [0.29, 0.717) is 43.9 Å². The Morgan fingerprint density at radius 3 is 2.53 bits per heavy atom. The van der Waals surface area contributed by atoms with Gasteiger partial charge in [0.25, 0.3) is 0 Å². The first-order chi connectivity index (χ1) is 15.2. The highest BCUT2D eigenvalue weighted by Crippen LogP contribution is 2.32. The topological polar surface area (TPSA) is 126 Å². The van der Waals surface area contributed by atoms with Crippen molar-refractivity contribution in [2.24, 2.45) is 5.73 Å². The average Bonchev–Trinajstić information content (AvgIpc) is 3.01. The molecule has 32 heavy (non-hydrogen) atoms. The second-order valence-corrected chi connectivity index (χ2v) is 10.4. The highest BCUT2D eigenvalue weighted by Gasteiger charge is 2.37. The van der Waals surface area contributed by atoms with Crippen molar-refractivity contribution >= 4 is 15.9 Å². The van der Waals surface area contributed by atoms with Gasteiger partial charge >= 0.3 is 0 Å². The minimum atomic E-state index is -3.38. The van der Waals surface area contributed by atoms with Crippen LogP contribution >= 0.6 is 0 Å². The highest BCUT2D eigenvalue weighted by molar-refractivity contribution is 7.89. The molecule has 2 aliphatic rings. The number of carbonyl (C=O) groups is 1. The maximum Gasteiger partial charge on any atom is 0.243 e. The molecule has 0 aliphatic carbocycles. The molecule has 1 fully saturated rings. The molecule has 0 saturated carbocycles. The molecule has 2 aliphatic heterocycles. The zero-order chi connectivity index (χ0) is 22.9. The molecule has 4 rings (SSSR count). The molecule has 1 saturated heterocycles. The lowest BCUT2D eigenvalue weighted by Crippen LogP contribution is -2.58.